The average molecular weight is 843 g/mol. The molecule has 0 aromatic carbocycles. The van der Waals surface area contributed by atoms with Crippen molar-refractivity contribution in [2.75, 3.05) is 47.5 Å². The Morgan fingerprint density at radius 3 is 1.71 bits per heavy atom. The van der Waals surface area contributed by atoms with Gasteiger partial charge >= 0.3 is 19.8 Å². The number of hydrogen-bond donors (Lipinski definition) is 2. The molecule has 0 heterocycles. The normalized spacial score (nSPS) is 15.3. The number of phosphoric ester groups is 1. The molecule has 0 rings (SSSR count). The van der Waals surface area contributed by atoms with Crippen molar-refractivity contribution in [1.29, 1.82) is 0 Å². The zero-order valence-corrected chi connectivity index (χ0v) is 37.7. The van der Waals surface area contributed by atoms with Crippen LogP contribution in [0, 0.1) is 0 Å². The van der Waals surface area contributed by atoms with Crippen LogP contribution in [0.5, 0.6) is 0 Å². The largest absolute Gasteiger partial charge is 0.472 e. The van der Waals surface area contributed by atoms with E-state index in [0.717, 1.165) is 64.2 Å². The number of nitrogens with zero attached hydrogens (tertiary/aromatic N) is 1. The summed E-state index contributed by atoms with van der Waals surface area (Å²) in [5.74, 6) is -0.983. The Morgan fingerprint density at radius 1 is 0.610 bits per heavy atom. The lowest BCUT2D eigenvalue weighted by Gasteiger charge is -2.24. The van der Waals surface area contributed by atoms with E-state index in [2.05, 4.69) is 86.8 Å². The maximum Gasteiger partial charge on any atom is 0.472 e. The summed E-state index contributed by atoms with van der Waals surface area (Å²) in [6, 6.07) is 0. The summed E-state index contributed by atoms with van der Waals surface area (Å²) in [4.78, 5) is 35.3. The van der Waals surface area contributed by atoms with Gasteiger partial charge in [0.1, 0.15) is 19.8 Å². The highest BCUT2D eigenvalue weighted by Gasteiger charge is 2.27. The molecule has 0 saturated carbocycles. The van der Waals surface area contributed by atoms with Crippen LogP contribution in [0.2, 0.25) is 0 Å². The van der Waals surface area contributed by atoms with Gasteiger partial charge in [0.25, 0.3) is 0 Å². The fourth-order valence-electron chi connectivity index (χ4n) is 4.76. The first-order chi connectivity index (χ1) is 28.4. The third kappa shape index (κ3) is 42.3. The molecule has 0 spiro atoms. The third-order valence-corrected chi connectivity index (χ3v) is 9.07. The molecule has 0 bridgehead atoms. The van der Waals surface area contributed by atoms with Crippen LogP contribution in [0.3, 0.4) is 0 Å². The Hall–Kier alpha value is -3.63. The Balaban J connectivity index is 4.63. The molecule has 3 atom stereocenters. The van der Waals surface area contributed by atoms with E-state index in [4.69, 9.17) is 18.5 Å². The lowest BCUT2D eigenvalue weighted by molar-refractivity contribution is -0.870. The maximum absolute atomic E-state index is 12.7. The van der Waals surface area contributed by atoms with Crippen molar-refractivity contribution in [3.63, 3.8) is 0 Å². The number of esters is 2. The van der Waals surface area contributed by atoms with E-state index in [1.807, 2.05) is 63.7 Å². The lowest BCUT2D eigenvalue weighted by atomic mass is 10.2. The molecule has 0 aliphatic heterocycles. The van der Waals surface area contributed by atoms with Crippen molar-refractivity contribution < 1.29 is 47.2 Å². The molecule has 0 radical (unpaired) electrons. The van der Waals surface area contributed by atoms with Crippen molar-refractivity contribution in [2.24, 2.45) is 0 Å². The topological polar surface area (TPSA) is 129 Å². The summed E-state index contributed by atoms with van der Waals surface area (Å²) >= 11 is 0. The molecule has 11 heteroatoms. The minimum Gasteiger partial charge on any atom is -0.462 e. The van der Waals surface area contributed by atoms with Gasteiger partial charge in [0.05, 0.1) is 33.9 Å². The first-order valence-electron chi connectivity index (χ1n) is 21.4. The van der Waals surface area contributed by atoms with E-state index < -0.39 is 38.6 Å². The second-order valence-corrected chi connectivity index (χ2v) is 16.3. The monoisotopic (exact) mass is 843 g/mol. The molecule has 10 nitrogen and oxygen atoms in total. The smallest absolute Gasteiger partial charge is 0.462 e. The van der Waals surface area contributed by atoms with Crippen molar-refractivity contribution in [1.82, 2.24) is 0 Å². The van der Waals surface area contributed by atoms with Crippen LogP contribution in [0.25, 0.3) is 0 Å². The van der Waals surface area contributed by atoms with Crippen LogP contribution in [-0.4, -0.2) is 86.1 Å². The Kier molecular flexibility index (Phi) is 36.2. The van der Waals surface area contributed by atoms with Crippen LogP contribution < -0.4 is 0 Å². The van der Waals surface area contributed by atoms with Crippen LogP contribution in [-0.2, 0) is 32.7 Å². The standard InChI is InChI=1S/C48H76NO9P/c1-6-8-10-11-12-13-14-15-16-19-23-26-29-32-36-40-48(52)58-46(44-57-59(53,54)56-42-41-49(3,4)5)43-55-47(51)39-35-31-28-25-22-20-17-18-21-24-27-30-34-38-45(50)37-33-9-7-2/h8-10,12-13,15-16,18,20-23,26-28,30-31,33-34,38,45-46,50H,6-7,11,14,17,19,24-25,29,32,35-37,39-44H2,1-5H3/p+1/b10-8-,13-12-,16-15-,21-18-,22-20-,26-23-,30-27+,31-28-,33-9-,38-34+/t45?,46-/m1/s1. The Morgan fingerprint density at radius 2 is 1.14 bits per heavy atom. The van der Waals surface area contributed by atoms with Gasteiger partial charge in [-0.25, -0.2) is 4.57 Å². The molecule has 0 amide bonds. The fraction of sp³-hybridized carbons (Fsp3) is 0.542. The first-order valence-corrected chi connectivity index (χ1v) is 22.9. The number of carbonyl (C=O) groups is 2. The molecule has 0 saturated heterocycles. The van der Waals surface area contributed by atoms with Gasteiger partial charge in [-0.1, -0.05) is 135 Å². The average Bonchev–Trinajstić information content (AvgIpc) is 3.18. The second-order valence-electron chi connectivity index (χ2n) is 14.8. The summed E-state index contributed by atoms with van der Waals surface area (Å²) in [6.45, 7) is 3.90. The maximum atomic E-state index is 12.7. The van der Waals surface area contributed by atoms with E-state index in [-0.39, 0.29) is 26.1 Å². The number of unbranched alkanes of at least 4 members (excludes halogenated alkanes) is 2. The van der Waals surface area contributed by atoms with Crippen LogP contribution in [0.15, 0.2) is 122 Å². The Labute approximate surface area is 357 Å². The van der Waals surface area contributed by atoms with Gasteiger partial charge in [0.2, 0.25) is 0 Å². The van der Waals surface area contributed by atoms with Gasteiger partial charge < -0.3 is 24.0 Å². The number of rotatable bonds is 36. The van der Waals surface area contributed by atoms with E-state index in [0.29, 0.717) is 30.3 Å². The number of likely N-dealkylation sites (N-methyl/N-ethyl adjacent to an activating group) is 1. The van der Waals surface area contributed by atoms with E-state index in [9.17, 15) is 24.2 Å². The molecular weight excluding hydrogens is 766 g/mol. The van der Waals surface area contributed by atoms with Gasteiger partial charge in [0, 0.05) is 12.8 Å². The predicted octanol–water partition coefficient (Wildman–Crippen LogP) is 11.1. The summed E-state index contributed by atoms with van der Waals surface area (Å²) in [5, 5.41) is 9.84. The molecule has 0 aliphatic rings. The molecule has 59 heavy (non-hydrogen) atoms. The van der Waals surface area contributed by atoms with Crippen LogP contribution >= 0.6 is 7.82 Å². The molecule has 0 aliphatic carbocycles. The number of quaternary nitrogens is 1. The van der Waals surface area contributed by atoms with Gasteiger partial charge in [-0.15, -0.1) is 0 Å². The Bertz CT molecular complexity index is 1430. The number of phosphoric acid groups is 1. The SMILES string of the molecule is CC/C=C\C/C=C\C/C=C\C/C=C\CCCCC(=O)O[C@H](COC(=O)CC/C=C\C/C=C\C/C=C\C/C=C/C=C/C(O)C/C=C\CC)COP(=O)(O)OCC[N+](C)(C)C. The van der Waals surface area contributed by atoms with Crippen LogP contribution in [0.1, 0.15) is 110 Å². The van der Waals surface area contributed by atoms with E-state index >= 15 is 0 Å². The molecule has 0 aromatic heterocycles. The van der Waals surface area contributed by atoms with Crippen molar-refractivity contribution in [2.45, 2.75) is 122 Å². The molecule has 2 unspecified atom stereocenters. The molecule has 2 N–H and O–H groups in total. The summed E-state index contributed by atoms with van der Waals surface area (Å²) < 4.78 is 34.1. The number of ether oxygens (including phenoxy) is 2. The summed E-state index contributed by atoms with van der Waals surface area (Å²) in [6.07, 6.45) is 50.3. The molecule has 0 fully saturated rings. The van der Waals surface area contributed by atoms with Gasteiger partial charge in [-0.3, -0.25) is 18.6 Å². The summed E-state index contributed by atoms with van der Waals surface area (Å²) in [5.41, 5.74) is 0. The fourth-order valence-corrected chi connectivity index (χ4v) is 5.50. The van der Waals surface area contributed by atoms with Gasteiger partial charge in [-0.05, 0) is 83.5 Å². The number of aliphatic hydroxyl groups is 1. The molecule has 0 aromatic rings. The second kappa shape index (κ2) is 38.6. The summed E-state index contributed by atoms with van der Waals surface area (Å²) in [7, 11) is 1.36. The highest BCUT2D eigenvalue weighted by molar-refractivity contribution is 7.47. The number of aliphatic hydroxyl groups excluding tert-OH is 1. The minimum atomic E-state index is -4.42. The minimum absolute atomic E-state index is 0.00198. The third-order valence-electron chi connectivity index (χ3n) is 8.08. The molecular formula is C48H77NO9P+. The predicted molar refractivity (Wildman–Crippen MR) is 243 cm³/mol. The van der Waals surface area contributed by atoms with Crippen molar-refractivity contribution >= 4 is 19.8 Å². The van der Waals surface area contributed by atoms with E-state index in [1.54, 1.807) is 6.08 Å². The van der Waals surface area contributed by atoms with Crippen molar-refractivity contribution in [3.05, 3.63) is 122 Å². The molecule has 332 valence electrons. The van der Waals surface area contributed by atoms with Crippen LogP contribution in [0.4, 0.5) is 0 Å². The van der Waals surface area contributed by atoms with E-state index in [1.165, 1.54) is 0 Å². The van der Waals surface area contributed by atoms with Gasteiger partial charge in [-0.2, -0.15) is 0 Å². The highest BCUT2D eigenvalue weighted by Crippen LogP contribution is 2.43. The zero-order valence-electron chi connectivity index (χ0n) is 36.8. The quantitative estimate of drug-likeness (QED) is 0.0158. The zero-order chi connectivity index (χ0) is 43.7. The number of allylic oxidation sites excluding steroid dienone is 18. The lowest BCUT2D eigenvalue weighted by Crippen LogP contribution is -2.37. The number of hydrogen-bond acceptors (Lipinski definition) is 8. The van der Waals surface area contributed by atoms with Gasteiger partial charge in [0.15, 0.2) is 6.10 Å². The highest BCUT2D eigenvalue weighted by atomic mass is 31.2. The first kappa shape index (κ1) is 55.4. The number of carbonyl (C=O) groups excluding carboxylic acids is 2. The van der Waals surface area contributed by atoms with Crippen molar-refractivity contribution in [3.8, 4) is 0 Å².